The number of carbonyl (C=O) groups is 1. The third-order valence-corrected chi connectivity index (χ3v) is 8.03. The minimum Gasteiger partial charge on any atom is -0.333 e. The van der Waals surface area contributed by atoms with E-state index in [1.54, 1.807) is 22.0 Å². The van der Waals surface area contributed by atoms with Crippen LogP contribution in [0.5, 0.6) is 0 Å². The van der Waals surface area contributed by atoms with Gasteiger partial charge in [-0.2, -0.15) is 0 Å². The van der Waals surface area contributed by atoms with Gasteiger partial charge in [-0.25, -0.2) is 13.1 Å². The molecule has 1 amide bonds. The molecule has 2 aromatic rings. The number of carbonyl (C=O) groups excluding carboxylic acids is 1. The van der Waals surface area contributed by atoms with Gasteiger partial charge in [0, 0.05) is 12.6 Å². The summed E-state index contributed by atoms with van der Waals surface area (Å²) >= 11 is 1.36. The largest absolute Gasteiger partial charge is 0.333 e. The Hall–Kier alpha value is -1.74. The molecule has 0 bridgehead atoms. The quantitative estimate of drug-likeness (QED) is 0.804. The van der Waals surface area contributed by atoms with Crippen LogP contribution in [0, 0.1) is 0 Å². The third-order valence-electron chi connectivity index (χ3n) is 4.91. The molecule has 0 N–H and O–H groups in total. The lowest BCUT2D eigenvalue weighted by Gasteiger charge is -2.43. The van der Waals surface area contributed by atoms with Crippen LogP contribution in [0.25, 0.3) is 5.69 Å². The van der Waals surface area contributed by atoms with Crippen LogP contribution in [0.4, 0.5) is 0 Å². The van der Waals surface area contributed by atoms with Gasteiger partial charge in [-0.15, -0.1) is 16.4 Å². The Morgan fingerprint density at radius 2 is 2.12 bits per heavy atom. The van der Waals surface area contributed by atoms with Crippen molar-refractivity contribution in [2.24, 2.45) is 0 Å². The summed E-state index contributed by atoms with van der Waals surface area (Å²) in [6.45, 7) is 0.275. The van der Waals surface area contributed by atoms with E-state index in [9.17, 15) is 13.2 Å². The van der Waals surface area contributed by atoms with Crippen LogP contribution in [0.3, 0.4) is 0 Å². The van der Waals surface area contributed by atoms with Crippen molar-refractivity contribution in [2.45, 2.75) is 37.0 Å². The Kier molecular flexibility index (Phi) is 3.92. The van der Waals surface area contributed by atoms with E-state index in [4.69, 9.17) is 0 Å². The second kappa shape index (κ2) is 5.96. The summed E-state index contributed by atoms with van der Waals surface area (Å²) in [5.41, 5.74) is 0.697. The summed E-state index contributed by atoms with van der Waals surface area (Å²) in [5, 5.41) is 9.19. The fraction of sp³-hybridized carbons (Fsp3) is 0.533. The van der Waals surface area contributed by atoms with Gasteiger partial charge in [0.15, 0.2) is 9.84 Å². The number of fused-ring (bicyclic) bond motifs is 1. The molecule has 2 aromatic heterocycles. The number of thiophene rings is 1. The Labute approximate surface area is 144 Å². The van der Waals surface area contributed by atoms with Crippen LogP contribution in [0.1, 0.15) is 35.4 Å². The highest BCUT2D eigenvalue weighted by Crippen LogP contribution is 2.34. The van der Waals surface area contributed by atoms with Crippen molar-refractivity contribution in [3.8, 4) is 5.69 Å². The zero-order valence-corrected chi connectivity index (χ0v) is 14.7. The van der Waals surface area contributed by atoms with Gasteiger partial charge >= 0.3 is 0 Å². The van der Waals surface area contributed by atoms with Crippen LogP contribution in [-0.4, -0.2) is 57.8 Å². The molecule has 7 nitrogen and oxygen atoms in total. The van der Waals surface area contributed by atoms with Gasteiger partial charge in [-0.05, 0) is 24.3 Å². The molecule has 1 aliphatic heterocycles. The highest BCUT2D eigenvalue weighted by Gasteiger charge is 2.45. The van der Waals surface area contributed by atoms with E-state index in [-0.39, 0.29) is 24.2 Å². The average molecular weight is 366 g/mol. The van der Waals surface area contributed by atoms with Gasteiger partial charge in [-0.3, -0.25) is 4.79 Å². The Morgan fingerprint density at radius 3 is 2.92 bits per heavy atom. The summed E-state index contributed by atoms with van der Waals surface area (Å²) < 4.78 is 26.3. The maximum Gasteiger partial charge on any atom is 0.266 e. The van der Waals surface area contributed by atoms with E-state index in [0.29, 0.717) is 17.0 Å². The van der Waals surface area contributed by atoms with E-state index in [1.807, 2.05) is 11.4 Å². The number of rotatable bonds is 2. The fourth-order valence-electron chi connectivity index (χ4n) is 3.76. The van der Waals surface area contributed by atoms with Gasteiger partial charge < -0.3 is 4.90 Å². The van der Waals surface area contributed by atoms with Crippen LogP contribution in [0.2, 0.25) is 0 Å². The zero-order chi connectivity index (χ0) is 16.7. The molecule has 0 spiro atoms. The maximum atomic E-state index is 13.1. The fourth-order valence-corrected chi connectivity index (χ4v) is 6.63. The van der Waals surface area contributed by atoms with Gasteiger partial charge in [-0.1, -0.05) is 18.1 Å². The summed E-state index contributed by atoms with van der Waals surface area (Å²) in [7, 11) is -3.09. The molecule has 2 atom stereocenters. The molecule has 2 fully saturated rings. The number of sulfone groups is 1. The van der Waals surface area contributed by atoms with Crippen LogP contribution < -0.4 is 0 Å². The summed E-state index contributed by atoms with van der Waals surface area (Å²) in [4.78, 5) is 15.5. The van der Waals surface area contributed by atoms with Crippen molar-refractivity contribution in [1.29, 1.82) is 0 Å². The molecule has 9 heteroatoms. The first-order valence-electron chi connectivity index (χ1n) is 8.04. The van der Waals surface area contributed by atoms with Crippen LogP contribution in [0.15, 0.2) is 23.8 Å². The van der Waals surface area contributed by atoms with Crippen molar-refractivity contribution in [1.82, 2.24) is 19.9 Å². The highest BCUT2D eigenvalue weighted by molar-refractivity contribution is 7.92. The minimum absolute atomic E-state index is 0.0595. The molecule has 3 heterocycles. The lowest BCUT2D eigenvalue weighted by molar-refractivity contribution is 0.0643. The number of hydrogen-bond acceptors (Lipinski definition) is 6. The summed E-state index contributed by atoms with van der Waals surface area (Å²) in [6, 6.07) is 1.64. The first-order valence-corrected chi connectivity index (χ1v) is 10.6. The third kappa shape index (κ3) is 2.55. The van der Waals surface area contributed by atoms with Gasteiger partial charge in [0.1, 0.15) is 4.88 Å². The van der Waals surface area contributed by atoms with Gasteiger partial charge in [0.25, 0.3) is 5.91 Å². The summed E-state index contributed by atoms with van der Waals surface area (Å²) in [6.07, 6.45) is 6.59. The van der Waals surface area contributed by atoms with E-state index in [1.165, 1.54) is 11.3 Å². The molecule has 0 unspecified atom stereocenters. The lowest BCUT2D eigenvalue weighted by atomic mass is 9.93. The molecule has 4 rings (SSSR count). The van der Waals surface area contributed by atoms with Crippen molar-refractivity contribution in [3.63, 3.8) is 0 Å². The average Bonchev–Trinajstić information content (AvgIpc) is 3.25. The molecule has 24 heavy (non-hydrogen) atoms. The van der Waals surface area contributed by atoms with Crippen molar-refractivity contribution in [3.05, 3.63) is 28.7 Å². The normalized spacial score (nSPS) is 26.1. The Bertz CT molecular complexity index is 844. The minimum atomic E-state index is -3.09. The summed E-state index contributed by atoms with van der Waals surface area (Å²) in [5.74, 6) is -0.0356. The Morgan fingerprint density at radius 1 is 1.29 bits per heavy atom. The second-order valence-corrected chi connectivity index (χ2v) is 9.49. The molecular weight excluding hydrogens is 348 g/mol. The van der Waals surface area contributed by atoms with E-state index in [0.717, 1.165) is 19.3 Å². The maximum absolute atomic E-state index is 13.1. The van der Waals surface area contributed by atoms with Crippen molar-refractivity contribution >= 4 is 27.1 Å². The van der Waals surface area contributed by atoms with Crippen LogP contribution >= 0.6 is 11.3 Å². The van der Waals surface area contributed by atoms with E-state index >= 15 is 0 Å². The Balaban J connectivity index is 1.67. The molecule has 0 aromatic carbocycles. The highest BCUT2D eigenvalue weighted by atomic mass is 32.2. The number of nitrogens with zero attached hydrogens (tertiary/aromatic N) is 4. The van der Waals surface area contributed by atoms with Crippen molar-refractivity contribution in [2.75, 3.05) is 12.3 Å². The predicted molar refractivity (Wildman–Crippen MR) is 90.1 cm³/mol. The van der Waals surface area contributed by atoms with Gasteiger partial charge in [0.2, 0.25) is 0 Å². The van der Waals surface area contributed by atoms with Crippen LogP contribution in [-0.2, 0) is 9.84 Å². The topological polar surface area (TPSA) is 85.2 Å². The van der Waals surface area contributed by atoms with E-state index < -0.39 is 15.1 Å². The first kappa shape index (κ1) is 15.8. The molecule has 1 saturated carbocycles. The number of aromatic nitrogens is 3. The predicted octanol–water partition coefficient (Wildman–Crippen LogP) is 1.51. The molecule has 1 aliphatic carbocycles. The molecule has 128 valence electrons. The smallest absolute Gasteiger partial charge is 0.266 e. The molecule has 0 radical (unpaired) electrons. The van der Waals surface area contributed by atoms with Gasteiger partial charge in [0.05, 0.1) is 29.1 Å². The SMILES string of the molecule is O=C(c1sccc1-n1ccnn1)N1CCS(=O)(=O)[C@@H]2CCCC[C@@H]21. The molecule has 2 aliphatic rings. The van der Waals surface area contributed by atoms with Crippen molar-refractivity contribution < 1.29 is 13.2 Å². The monoisotopic (exact) mass is 366 g/mol. The second-order valence-electron chi connectivity index (χ2n) is 6.24. The zero-order valence-electron chi connectivity index (χ0n) is 13.0. The standard InChI is InChI=1S/C15H18N4O3S2/c20-15(14-12(5-9-23-14)19-7-6-16-17-19)18-8-10-24(21,22)13-4-2-1-3-11(13)18/h5-7,9,11,13H,1-4,8,10H2/t11-,13+/m0/s1. The number of hydrogen-bond donors (Lipinski definition) is 0. The first-order chi connectivity index (χ1) is 11.6. The molecular formula is C15H18N4O3S2. The molecule has 1 saturated heterocycles. The lowest BCUT2D eigenvalue weighted by Crippen LogP contribution is -2.57. The number of amides is 1. The van der Waals surface area contributed by atoms with E-state index in [2.05, 4.69) is 10.3 Å².